The number of hydrogen-bond acceptors (Lipinski definition) is 4. The lowest BCUT2D eigenvalue weighted by Crippen LogP contribution is -2.63. The topological polar surface area (TPSA) is 69.4 Å². The summed E-state index contributed by atoms with van der Waals surface area (Å²) in [4.78, 5) is 0.120. The molecular formula is C5H9NO3S2. The predicted octanol–water partition coefficient (Wildman–Crippen LogP) is -0.914. The molecule has 64 valence electrons. The average molecular weight is 195 g/mol. The number of rotatable bonds is 2. The maximum atomic E-state index is 10.8. The van der Waals surface area contributed by atoms with E-state index >= 15 is 0 Å². The Morgan fingerprint density at radius 2 is 2.09 bits per heavy atom. The van der Waals surface area contributed by atoms with Gasteiger partial charge in [0.1, 0.15) is 10.6 Å². The van der Waals surface area contributed by atoms with Crippen LogP contribution in [0.5, 0.6) is 0 Å². The van der Waals surface area contributed by atoms with E-state index in [1.165, 1.54) is 7.11 Å². The van der Waals surface area contributed by atoms with Gasteiger partial charge in [0.05, 0.1) is 11.5 Å². The molecule has 0 aromatic heterocycles. The number of nitrogens with two attached hydrogens (primary N) is 1. The SMILES string of the molecule is COC1(C(N)=S)CS(=O)(=O)C1. The van der Waals surface area contributed by atoms with Gasteiger partial charge < -0.3 is 10.5 Å². The van der Waals surface area contributed by atoms with Crippen molar-refractivity contribution in [2.45, 2.75) is 5.60 Å². The van der Waals surface area contributed by atoms with Crippen LogP contribution in [-0.2, 0) is 14.6 Å². The standard InChI is InChI=1S/C5H9NO3S2/c1-9-5(4(6)10)2-11(7,8)3-5/h2-3H2,1H3,(H2,6,10). The summed E-state index contributed by atoms with van der Waals surface area (Å²) in [5.74, 6) is -0.155. The van der Waals surface area contributed by atoms with Crippen molar-refractivity contribution >= 4 is 27.0 Å². The molecule has 0 aromatic rings. The molecule has 1 saturated heterocycles. The van der Waals surface area contributed by atoms with Crippen LogP contribution in [0.15, 0.2) is 0 Å². The Morgan fingerprint density at radius 1 is 1.64 bits per heavy atom. The first-order valence-electron chi connectivity index (χ1n) is 2.97. The Kier molecular flexibility index (Phi) is 1.94. The molecule has 0 bridgehead atoms. The number of hydrogen-bond donors (Lipinski definition) is 1. The lowest BCUT2D eigenvalue weighted by Gasteiger charge is -2.38. The minimum absolute atomic E-state index is 0.0775. The van der Waals surface area contributed by atoms with Crippen molar-refractivity contribution in [3.8, 4) is 0 Å². The van der Waals surface area contributed by atoms with E-state index in [1.807, 2.05) is 0 Å². The first kappa shape index (κ1) is 8.89. The van der Waals surface area contributed by atoms with Crippen molar-refractivity contribution in [3.05, 3.63) is 0 Å². The second kappa shape index (κ2) is 2.40. The molecule has 0 spiro atoms. The largest absolute Gasteiger partial charge is 0.391 e. The van der Waals surface area contributed by atoms with Crippen LogP contribution in [0.3, 0.4) is 0 Å². The molecule has 1 aliphatic rings. The molecule has 1 aliphatic heterocycles. The monoisotopic (exact) mass is 195 g/mol. The number of sulfone groups is 1. The zero-order chi connectivity index (χ0) is 8.70. The Morgan fingerprint density at radius 3 is 2.18 bits per heavy atom. The smallest absolute Gasteiger partial charge is 0.156 e. The molecule has 11 heavy (non-hydrogen) atoms. The van der Waals surface area contributed by atoms with Crippen molar-refractivity contribution < 1.29 is 13.2 Å². The fourth-order valence-corrected chi connectivity index (χ4v) is 3.32. The van der Waals surface area contributed by atoms with Gasteiger partial charge in [-0.15, -0.1) is 0 Å². The zero-order valence-corrected chi connectivity index (χ0v) is 7.67. The van der Waals surface area contributed by atoms with E-state index in [2.05, 4.69) is 12.2 Å². The highest BCUT2D eigenvalue weighted by Gasteiger charge is 2.51. The van der Waals surface area contributed by atoms with Crippen LogP contribution in [0.4, 0.5) is 0 Å². The van der Waals surface area contributed by atoms with Crippen molar-refractivity contribution in [2.24, 2.45) is 5.73 Å². The van der Waals surface area contributed by atoms with Crippen LogP contribution in [0.1, 0.15) is 0 Å². The minimum atomic E-state index is -2.94. The summed E-state index contributed by atoms with van der Waals surface area (Å²) in [6.07, 6.45) is 0. The Balaban J connectivity index is 2.80. The van der Waals surface area contributed by atoms with Crippen molar-refractivity contribution in [1.29, 1.82) is 0 Å². The molecule has 0 unspecified atom stereocenters. The third-order valence-electron chi connectivity index (χ3n) is 1.75. The van der Waals surface area contributed by atoms with Gasteiger partial charge in [-0.05, 0) is 0 Å². The molecule has 1 rings (SSSR count). The molecule has 0 atom stereocenters. The molecule has 0 amide bonds. The zero-order valence-electron chi connectivity index (χ0n) is 6.03. The van der Waals surface area contributed by atoms with Crippen molar-refractivity contribution in [2.75, 3.05) is 18.6 Å². The molecule has 0 radical (unpaired) electrons. The Hall–Kier alpha value is -0.200. The first-order valence-corrected chi connectivity index (χ1v) is 5.20. The molecule has 4 nitrogen and oxygen atoms in total. The first-order chi connectivity index (χ1) is 4.92. The number of methoxy groups -OCH3 is 1. The van der Waals surface area contributed by atoms with Crippen LogP contribution in [0, 0.1) is 0 Å². The van der Waals surface area contributed by atoms with Crippen LogP contribution < -0.4 is 5.73 Å². The Labute approximate surface area is 70.6 Å². The lowest BCUT2D eigenvalue weighted by molar-refractivity contribution is 0.0766. The van der Waals surface area contributed by atoms with E-state index in [9.17, 15) is 8.42 Å². The van der Waals surface area contributed by atoms with Crippen LogP contribution in [-0.4, -0.2) is 37.6 Å². The molecule has 2 N–H and O–H groups in total. The van der Waals surface area contributed by atoms with E-state index in [1.54, 1.807) is 0 Å². The third-order valence-corrected chi connectivity index (χ3v) is 3.93. The fourth-order valence-electron chi connectivity index (χ4n) is 1.03. The van der Waals surface area contributed by atoms with Gasteiger partial charge in [0.25, 0.3) is 0 Å². The predicted molar refractivity (Wildman–Crippen MR) is 45.2 cm³/mol. The summed E-state index contributed by atoms with van der Waals surface area (Å²) >= 11 is 4.67. The maximum Gasteiger partial charge on any atom is 0.156 e. The summed E-state index contributed by atoms with van der Waals surface area (Å²) < 4.78 is 26.5. The molecule has 1 fully saturated rings. The molecule has 0 aliphatic carbocycles. The van der Waals surface area contributed by atoms with E-state index in [4.69, 9.17) is 10.5 Å². The molecule has 0 aromatic carbocycles. The van der Waals surface area contributed by atoms with Gasteiger partial charge in [-0.1, -0.05) is 12.2 Å². The number of thiocarbonyl (C=S) groups is 1. The quantitative estimate of drug-likeness (QED) is 0.577. The van der Waals surface area contributed by atoms with Crippen molar-refractivity contribution in [1.82, 2.24) is 0 Å². The molecule has 6 heteroatoms. The summed E-state index contributed by atoms with van der Waals surface area (Å²) in [5, 5.41) is 0. The van der Waals surface area contributed by atoms with E-state index in [0.29, 0.717) is 0 Å². The van der Waals surface area contributed by atoms with Gasteiger partial charge in [-0.3, -0.25) is 0 Å². The fraction of sp³-hybridized carbons (Fsp3) is 0.800. The highest BCUT2D eigenvalue weighted by molar-refractivity contribution is 7.93. The van der Waals surface area contributed by atoms with Crippen molar-refractivity contribution in [3.63, 3.8) is 0 Å². The molecule has 1 heterocycles. The van der Waals surface area contributed by atoms with Gasteiger partial charge in [-0.2, -0.15) is 0 Å². The van der Waals surface area contributed by atoms with Crippen LogP contribution in [0.25, 0.3) is 0 Å². The third kappa shape index (κ3) is 1.38. The van der Waals surface area contributed by atoms with E-state index in [0.717, 1.165) is 0 Å². The molecular weight excluding hydrogens is 186 g/mol. The van der Waals surface area contributed by atoms with Crippen LogP contribution >= 0.6 is 12.2 Å². The summed E-state index contributed by atoms with van der Waals surface area (Å²) in [5.41, 5.74) is 4.43. The summed E-state index contributed by atoms with van der Waals surface area (Å²) in [6, 6.07) is 0. The second-order valence-corrected chi connectivity index (χ2v) is 5.10. The normalized spacial score (nSPS) is 25.5. The Bertz CT molecular complexity index is 270. The number of ether oxygens (including phenoxy) is 1. The summed E-state index contributed by atoms with van der Waals surface area (Å²) in [7, 11) is -1.53. The van der Waals surface area contributed by atoms with Gasteiger partial charge in [0.15, 0.2) is 9.84 Å². The second-order valence-electron chi connectivity index (χ2n) is 2.59. The van der Waals surface area contributed by atoms with Gasteiger partial charge in [-0.25, -0.2) is 8.42 Å². The maximum absolute atomic E-state index is 10.8. The van der Waals surface area contributed by atoms with E-state index in [-0.39, 0.29) is 16.5 Å². The van der Waals surface area contributed by atoms with Gasteiger partial charge in [0.2, 0.25) is 0 Å². The minimum Gasteiger partial charge on any atom is -0.391 e. The van der Waals surface area contributed by atoms with Gasteiger partial charge >= 0.3 is 0 Å². The van der Waals surface area contributed by atoms with E-state index < -0.39 is 15.4 Å². The average Bonchev–Trinajstić information content (AvgIpc) is 1.81. The van der Waals surface area contributed by atoms with Crippen LogP contribution in [0.2, 0.25) is 0 Å². The summed E-state index contributed by atoms with van der Waals surface area (Å²) in [6.45, 7) is 0. The lowest BCUT2D eigenvalue weighted by atomic mass is 10.1. The molecule has 0 saturated carbocycles. The van der Waals surface area contributed by atoms with Gasteiger partial charge in [0, 0.05) is 7.11 Å². The highest BCUT2D eigenvalue weighted by Crippen LogP contribution is 2.27. The highest BCUT2D eigenvalue weighted by atomic mass is 32.2.